The molecule has 0 amide bonds. The van der Waals surface area contributed by atoms with Crippen LogP contribution in [0.5, 0.6) is 5.75 Å². The summed E-state index contributed by atoms with van der Waals surface area (Å²) in [5, 5.41) is 1.16. The summed E-state index contributed by atoms with van der Waals surface area (Å²) in [5.74, 6) is 0.901. The Balaban J connectivity index is 2.66. The number of rotatable bonds is 2. The highest BCUT2D eigenvalue weighted by molar-refractivity contribution is 7.71. The molecule has 0 bridgehead atoms. The van der Waals surface area contributed by atoms with E-state index in [4.69, 9.17) is 17.0 Å². The maximum absolute atomic E-state index is 5.46. The number of hydrogen-bond acceptors (Lipinski definition) is 2. The Morgan fingerprint density at radius 3 is 2.87 bits per heavy atom. The Bertz CT molecular complexity index is 545. The first-order chi connectivity index (χ1) is 7.20. The maximum Gasteiger partial charge on any atom is 0.120 e. The first-order valence-electron chi connectivity index (χ1n) is 4.97. The van der Waals surface area contributed by atoms with Gasteiger partial charge in [-0.15, -0.1) is 0 Å². The van der Waals surface area contributed by atoms with Crippen molar-refractivity contribution in [1.29, 1.82) is 0 Å². The molecule has 0 saturated heterocycles. The number of aryl methyl sites for hydroxylation is 1. The molecule has 2 aromatic rings. The molecule has 1 N–H and O–H groups in total. The standard InChI is InChI=1S/C12H13NOS/c1-3-14-9-4-5-11-10(7-9)8(2)6-12(15)13-11/h4-7H,3H2,1-2H3,(H,13,15). The van der Waals surface area contributed by atoms with Crippen LogP contribution in [0.2, 0.25) is 0 Å². The molecule has 15 heavy (non-hydrogen) atoms. The largest absolute Gasteiger partial charge is 0.494 e. The number of benzene rings is 1. The van der Waals surface area contributed by atoms with Crippen LogP contribution in [-0.4, -0.2) is 11.6 Å². The zero-order chi connectivity index (χ0) is 10.8. The molecule has 0 aliphatic carbocycles. The summed E-state index contributed by atoms with van der Waals surface area (Å²) in [6, 6.07) is 7.96. The summed E-state index contributed by atoms with van der Waals surface area (Å²) in [7, 11) is 0. The van der Waals surface area contributed by atoms with Crippen molar-refractivity contribution in [2.45, 2.75) is 13.8 Å². The number of fused-ring (bicyclic) bond motifs is 1. The van der Waals surface area contributed by atoms with E-state index in [-0.39, 0.29) is 0 Å². The smallest absolute Gasteiger partial charge is 0.120 e. The van der Waals surface area contributed by atoms with Crippen LogP contribution < -0.4 is 4.74 Å². The minimum atomic E-state index is 0.688. The molecule has 0 radical (unpaired) electrons. The summed E-state index contributed by atoms with van der Waals surface area (Å²) in [5.41, 5.74) is 2.23. The van der Waals surface area contributed by atoms with Crippen molar-refractivity contribution in [2.24, 2.45) is 0 Å². The minimum Gasteiger partial charge on any atom is -0.494 e. The van der Waals surface area contributed by atoms with Crippen LogP contribution in [-0.2, 0) is 0 Å². The highest BCUT2D eigenvalue weighted by Gasteiger charge is 2.00. The molecule has 0 fully saturated rings. The van der Waals surface area contributed by atoms with Crippen LogP contribution in [0.1, 0.15) is 12.5 Å². The number of ether oxygens (including phenoxy) is 1. The predicted octanol–water partition coefficient (Wildman–Crippen LogP) is 3.60. The molecule has 1 aromatic heterocycles. The van der Waals surface area contributed by atoms with Crippen molar-refractivity contribution in [2.75, 3.05) is 6.61 Å². The summed E-state index contributed by atoms with van der Waals surface area (Å²) < 4.78 is 6.23. The van der Waals surface area contributed by atoms with Crippen molar-refractivity contribution in [3.63, 3.8) is 0 Å². The fourth-order valence-corrected chi connectivity index (χ4v) is 1.95. The Morgan fingerprint density at radius 1 is 1.33 bits per heavy atom. The van der Waals surface area contributed by atoms with E-state index in [0.717, 1.165) is 21.3 Å². The average molecular weight is 219 g/mol. The van der Waals surface area contributed by atoms with Gasteiger partial charge in [-0.3, -0.25) is 0 Å². The lowest BCUT2D eigenvalue weighted by Crippen LogP contribution is -1.92. The van der Waals surface area contributed by atoms with E-state index >= 15 is 0 Å². The van der Waals surface area contributed by atoms with Crippen LogP contribution >= 0.6 is 12.2 Å². The van der Waals surface area contributed by atoms with Gasteiger partial charge in [-0.25, -0.2) is 0 Å². The third-order valence-corrected chi connectivity index (χ3v) is 2.55. The number of hydrogen-bond donors (Lipinski definition) is 1. The Kier molecular flexibility index (Phi) is 2.73. The predicted molar refractivity (Wildman–Crippen MR) is 65.0 cm³/mol. The number of aromatic nitrogens is 1. The van der Waals surface area contributed by atoms with E-state index in [0.29, 0.717) is 6.61 Å². The van der Waals surface area contributed by atoms with Gasteiger partial charge in [-0.1, -0.05) is 12.2 Å². The molecule has 1 aromatic carbocycles. The van der Waals surface area contributed by atoms with Crippen molar-refractivity contribution in [3.05, 3.63) is 34.5 Å². The summed E-state index contributed by atoms with van der Waals surface area (Å²) in [6.45, 7) is 4.73. The van der Waals surface area contributed by atoms with Crippen LogP contribution in [0.25, 0.3) is 10.9 Å². The zero-order valence-electron chi connectivity index (χ0n) is 8.83. The van der Waals surface area contributed by atoms with Crippen LogP contribution in [0.4, 0.5) is 0 Å². The lowest BCUT2D eigenvalue weighted by Gasteiger charge is -2.06. The van der Waals surface area contributed by atoms with Gasteiger partial charge in [-0.2, -0.15) is 0 Å². The third kappa shape index (κ3) is 2.02. The van der Waals surface area contributed by atoms with Crippen molar-refractivity contribution < 1.29 is 4.74 Å². The first-order valence-corrected chi connectivity index (χ1v) is 5.38. The molecule has 0 spiro atoms. The molecule has 0 saturated carbocycles. The van der Waals surface area contributed by atoms with Crippen LogP contribution in [0, 0.1) is 11.6 Å². The summed E-state index contributed by atoms with van der Waals surface area (Å²) in [4.78, 5) is 3.16. The van der Waals surface area contributed by atoms with E-state index in [1.807, 2.05) is 31.2 Å². The molecule has 2 rings (SSSR count). The van der Waals surface area contributed by atoms with Gasteiger partial charge < -0.3 is 9.72 Å². The lowest BCUT2D eigenvalue weighted by molar-refractivity contribution is 0.340. The summed E-state index contributed by atoms with van der Waals surface area (Å²) >= 11 is 5.12. The highest BCUT2D eigenvalue weighted by atomic mass is 32.1. The monoisotopic (exact) mass is 219 g/mol. The molecule has 0 atom stereocenters. The molecule has 2 nitrogen and oxygen atoms in total. The van der Waals surface area contributed by atoms with Gasteiger partial charge in [-0.05, 0) is 43.7 Å². The molecule has 78 valence electrons. The average Bonchev–Trinajstić information content (AvgIpc) is 2.19. The Morgan fingerprint density at radius 2 is 2.13 bits per heavy atom. The third-order valence-electron chi connectivity index (χ3n) is 2.33. The fraction of sp³-hybridized carbons (Fsp3) is 0.250. The normalized spacial score (nSPS) is 10.5. The van der Waals surface area contributed by atoms with Crippen LogP contribution in [0.15, 0.2) is 24.3 Å². The highest BCUT2D eigenvalue weighted by Crippen LogP contribution is 2.22. The van der Waals surface area contributed by atoms with Gasteiger partial charge in [0.25, 0.3) is 0 Å². The van der Waals surface area contributed by atoms with Gasteiger partial charge >= 0.3 is 0 Å². The van der Waals surface area contributed by atoms with Crippen LogP contribution in [0.3, 0.4) is 0 Å². The Labute approximate surface area is 93.9 Å². The first kappa shape index (κ1) is 10.2. The summed E-state index contributed by atoms with van der Waals surface area (Å²) in [6.07, 6.45) is 0. The number of aromatic amines is 1. The van der Waals surface area contributed by atoms with Crippen molar-refractivity contribution >= 4 is 23.1 Å². The molecular weight excluding hydrogens is 206 g/mol. The van der Waals surface area contributed by atoms with Gasteiger partial charge in [0.2, 0.25) is 0 Å². The van der Waals surface area contributed by atoms with Gasteiger partial charge in [0.15, 0.2) is 0 Å². The lowest BCUT2D eigenvalue weighted by atomic mass is 10.1. The topological polar surface area (TPSA) is 25.0 Å². The molecule has 1 heterocycles. The van der Waals surface area contributed by atoms with Crippen molar-refractivity contribution in [1.82, 2.24) is 4.98 Å². The van der Waals surface area contributed by atoms with E-state index in [1.54, 1.807) is 0 Å². The Hall–Kier alpha value is -1.35. The van der Waals surface area contributed by atoms with Gasteiger partial charge in [0.05, 0.1) is 6.61 Å². The van der Waals surface area contributed by atoms with E-state index in [9.17, 15) is 0 Å². The minimum absolute atomic E-state index is 0.688. The zero-order valence-corrected chi connectivity index (χ0v) is 9.65. The van der Waals surface area contributed by atoms with Crippen molar-refractivity contribution in [3.8, 4) is 5.75 Å². The van der Waals surface area contributed by atoms with E-state index < -0.39 is 0 Å². The molecular formula is C12H13NOS. The number of pyridine rings is 1. The molecule has 0 aliphatic rings. The SMILES string of the molecule is CCOc1ccc2[nH]c(=S)cc(C)c2c1. The second-order valence-electron chi connectivity index (χ2n) is 3.46. The fourth-order valence-electron chi connectivity index (χ4n) is 1.66. The second-order valence-corrected chi connectivity index (χ2v) is 3.90. The van der Waals surface area contributed by atoms with E-state index in [1.165, 1.54) is 5.56 Å². The molecule has 0 aliphatic heterocycles. The van der Waals surface area contributed by atoms with Gasteiger partial charge in [0.1, 0.15) is 10.4 Å². The quantitative estimate of drug-likeness (QED) is 0.780. The number of H-pyrrole nitrogens is 1. The molecule has 3 heteroatoms. The van der Waals surface area contributed by atoms with E-state index in [2.05, 4.69) is 11.9 Å². The second kappa shape index (κ2) is 4.03. The number of nitrogens with one attached hydrogen (secondary N) is 1. The maximum atomic E-state index is 5.46. The van der Waals surface area contributed by atoms with Gasteiger partial charge in [0, 0.05) is 10.9 Å². The molecule has 0 unspecified atom stereocenters.